The zero-order valence-corrected chi connectivity index (χ0v) is 17.5. The fraction of sp³-hybridized carbons (Fsp3) is 0.636. The Bertz CT molecular complexity index is 670. The van der Waals surface area contributed by atoms with Crippen molar-refractivity contribution in [2.45, 2.75) is 46.1 Å². The Morgan fingerprint density at radius 2 is 1.82 bits per heavy atom. The van der Waals surface area contributed by atoms with E-state index >= 15 is 0 Å². The maximum atomic E-state index is 12.5. The zero-order chi connectivity index (χ0) is 19.9. The number of nitrogens with zero attached hydrogens (tertiary/aromatic N) is 3. The molecular weight excluding hydrogens is 352 g/mol. The summed E-state index contributed by atoms with van der Waals surface area (Å²) in [6, 6.07) is 6.68. The molecule has 0 aliphatic carbocycles. The maximum Gasteiger partial charge on any atom is 0.251 e. The van der Waals surface area contributed by atoms with E-state index in [9.17, 15) is 4.79 Å². The third-order valence-corrected chi connectivity index (χ3v) is 5.37. The number of aryl methyl sites for hydroxylation is 2. The molecule has 3 rings (SSSR count). The van der Waals surface area contributed by atoms with E-state index in [1.807, 2.05) is 4.90 Å². The molecule has 2 saturated heterocycles. The van der Waals surface area contributed by atoms with Gasteiger partial charge in [0.15, 0.2) is 5.96 Å². The number of piperazine rings is 1. The van der Waals surface area contributed by atoms with E-state index in [2.05, 4.69) is 49.2 Å². The minimum atomic E-state index is -0.216. The standard InChI is InChI=1S/C22H34N4O2/c1-4-23-22(24-8-7-19-15-17(2)14-18(3)16-19)26-11-9-25(10-12-26)21(27)20-6-5-13-28-20/h14-16,20H,4-13H2,1-3H3,(H,23,24). The van der Waals surface area contributed by atoms with Crippen molar-refractivity contribution in [3.05, 3.63) is 34.9 Å². The van der Waals surface area contributed by atoms with Crippen molar-refractivity contribution in [1.82, 2.24) is 15.1 Å². The summed E-state index contributed by atoms with van der Waals surface area (Å²) in [5.74, 6) is 1.12. The quantitative estimate of drug-likeness (QED) is 0.622. The first-order chi connectivity index (χ1) is 13.6. The van der Waals surface area contributed by atoms with E-state index in [0.29, 0.717) is 6.61 Å². The largest absolute Gasteiger partial charge is 0.368 e. The van der Waals surface area contributed by atoms with Crippen LogP contribution in [0.5, 0.6) is 0 Å². The molecule has 0 bridgehead atoms. The smallest absolute Gasteiger partial charge is 0.251 e. The van der Waals surface area contributed by atoms with Crippen molar-refractivity contribution in [2.75, 3.05) is 45.9 Å². The van der Waals surface area contributed by atoms with Crippen LogP contribution < -0.4 is 5.32 Å². The number of amides is 1. The van der Waals surface area contributed by atoms with Gasteiger partial charge in [0.2, 0.25) is 0 Å². The van der Waals surface area contributed by atoms with Gasteiger partial charge in [-0.3, -0.25) is 9.79 Å². The lowest BCUT2D eigenvalue weighted by Crippen LogP contribution is -2.55. The Hall–Kier alpha value is -2.08. The van der Waals surface area contributed by atoms with Gasteiger partial charge in [0.05, 0.1) is 0 Å². The Kier molecular flexibility index (Phi) is 7.31. The fourth-order valence-electron chi connectivity index (χ4n) is 4.04. The summed E-state index contributed by atoms with van der Waals surface area (Å²) >= 11 is 0. The first kappa shape index (κ1) is 20.6. The summed E-state index contributed by atoms with van der Waals surface area (Å²) in [4.78, 5) is 21.6. The molecule has 2 fully saturated rings. The van der Waals surface area contributed by atoms with Gasteiger partial charge in [-0.15, -0.1) is 0 Å². The third kappa shape index (κ3) is 5.47. The molecule has 1 amide bonds. The van der Waals surface area contributed by atoms with Gasteiger partial charge in [-0.05, 0) is 45.6 Å². The van der Waals surface area contributed by atoms with Crippen LogP contribution in [-0.2, 0) is 16.0 Å². The van der Waals surface area contributed by atoms with Crippen LogP contribution >= 0.6 is 0 Å². The number of aliphatic imine (C=N–C) groups is 1. The van der Waals surface area contributed by atoms with Crippen molar-refractivity contribution in [3.8, 4) is 0 Å². The predicted molar refractivity (Wildman–Crippen MR) is 113 cm³/mol. The van der Waals surface area contributed by atoms with Crippen molar-refractivity contribution in [2.24, 2.45) is 4.99 Å². The van der Waals surface area contributed by atoms with E-state index in [1.165, 1.54) is 16.7 Å². The highest BCUT2D eigenvalue weighted by molar-refractivity contribution is 5.82. The number of guanidine groups is 1. The average molecular weight is 387 g/mol. The van der Waals surface area contributed by atoms with Crippen LogP contribution in [-0.4, -0.2) is 73.6 Å². The second-order valence-corrected chi connectivity index (χ2v) is 7.80. The Morgan fingerprint density at radius 3 is 2.43 bits per heavy atom. The molecule has 1 atom stereocenters. The number of carbonyl (C=O) groups is 1. The Labute approximate surface area is 168 Å². The molecule has 0 radical (unpaired) electrons. The fourth-order valence-corrected chi connectivity index (χ4v) is 4.04. The average Bonchev–Trinajstić information content (AvgIpc) is 3.21. The molecule has 2 aliphatic heterocycles. The first-order valence-electron chi connectivity index (χ1n) is 10.6. The molecule has 2 aliphatic rings. The van der Waals surface area contributed by atoms with Gasteiger partial charge in [-0.2, -0.15) is 0 Å². The number of nitrogens with one attached hydrogen (secondary N) is 1. The molecule has 154 valence electrons. The van der Waals surface area contributed by atoms with Crippen LogP contribution in [0.3, 0.4) is 0 Å². The highest BCUT2D eigenvalue weighted by atomic mass is 16.5. The molecule has 6 heteroatoms. The van der Waals surface area contributed by atoms with Crippen molar-refractivity contribution < 1.29 is 9.53 Å². The third-order valence-electron chi connectivity index (χ3n) is 5.37. The Morgan fingerprint density at radius 1 is 1.14 bits per heavy atom. The van der Waals surface area contributed by atoms with Crippen LogP contribution in [0.15, 0.2) is 23.2 Å². The number of ether oxygens (including phenoxy) is 1. The molecule has 0 spiro atoms. The number of carbonyl (C=O) groups excluding carboxylic acids is 1. The molecular formula is C22H34N4O2. The molecule has 6 nitrogen and oxygen atoms in total. The highest BCUT2D eigenvalue weighted by Crippen LogP contribution is 2.16. The zero-order valence-electron chi connectivity index (χ0n) is 17.5. The minimum absolute atomic E-state index is 0.161. The molecule has 1 N–H and O–H groups in total. The van der Waals surface area contributed by atoms with E-state index in [4.69, 9.17) is 9.73 Å². The van der Waals surface area contributed by atoms with Crippen LogP contribution in [0, 0.1) is 13.8 Å². The molecule has 1 aromatic carbocycles. The predicted octanol–water partition coefficient (Wildman–Crippen LogP) is 2.13. The summed E-state index contributed by atoms with van der Waals surface area (Å²) in [5, 5.41) is 3.41. The minimum Gasteiger partial charge on any atom is -0.368 e. The van der Waals surface area contributed by atoms with Gasteiger partial charge < -0.3 is 19.9 Å². The summed E-state index contributed by atoms with van der Waals surface area (Å²) in [6.07, 6.45) is 2.58. The number of hydrogen-bond acceptors (Lipinski definition) is 3. The van der Waals surface area contributed by atoms with Crippen LogP contribution in [0.4, 0.5) is 0 Å². The molecule has 1 aromatic rings. The number of hydrogen-bond donors (Lipinski definition) is 1. The van der Waals surface area contributed by atoms with Gasteiger partial charge in [0, 0.05) is 45.9 Å². The van der Waals surface area contributed by atoms with Crippen molar-refractivity contribution in [3.63, 3.8) is 0 Å². The van der Waals surface area contributed by atoms with Gasteiger partial charge in [0.25, 0.3) is 5.91 Å². The molecule has 0 aromatic heterocycles. The van der Waals surface area contributed by atoms with Gasteiger partial charge >= 0.3 is 0 Å². The monoisotopic (exact) mass is 386 g/mol. The van der Waals surface area contributed by atoms with Gasteiger partial charge in [-0.1, -0.05) is 29.3 Å². The topological polar surface area (TPSA) is 57.2 Å². The Balaban J connectivity index is 1.53. The van der Waals surface area contributed by atoms with E-state index < -0.39 is 0 Å². The van der Waals surface area contributed by atoms with Crippen molar-refractivity contribution in [1.29, 1.82) is 0 Å². The number of rotatable bonds is 5. The van der Waals surface area contributed by atoms with Crippen molar-refractivity contribution >= 4 is 11.9 Å². The number of benzene rings is 1. The summed E-state index contributed by atoms with van der Waals surface area (Å²) in [6.45, 7) is 11.8. The van der Waals surface area contributed by atoms with Gasteiger partial charge in [-0.25, -0.2) is 0 Å². The lowest BCUT2D eigenvalue weighted by molar-refractivity contribution is -0.142. The van der Waals surface area contributed by atoms with E-state index in [0.717, 1.165) is 64.5 Å². The second kappa shape index (κ2) is 9.92. The van der Waals surface area contributed by atoms with Crippen LogP contribution in [0.25, 0.3) is 0 Å². The van der Waals surface area contributed by atoms with E-state index in [-0.39, 0.29) is 12.0 Å². The lowest BCUT2D eigenvalue weighted by Gasteiger charge is -2.37. The highest BCUT2D eigenvalue weighted by Gasteiger charge is 2.30. The molecule has 0 saturated carbocycles. The summed E-state index contributed by atoms with van der Waals surface area (Å²) in [7, 11) is 0. The van der Waals surface area contributed by atoms with Crippen LogP contribution in [0.2, 0.25) is 0 Å². The normalized spacial score (nSPS) is 20.5. The van der Waals surface area contributed by atoms with Crippen LogP contribution in [0.1, 0.15) is 36.5 Å². The summed E-state index contributed by atoms with van der Waals surface area (Å²) < 4.78 is 5.55. The second-order valence-electron chi connectivity index (χ2n) is 7.80. The maximum absolute atomic E-state index is 12.5. The van der Waals surface area contributed by atoms with E-state index in [1.54, 1.807) is 0 Å². The lowest BCUT2D eigenvalue weighted by atomic mass is 10.1. The van der Waals surface area contributed by atoms with Gasteiger partial charge in [0.1, 0.15) is 6.10 Å². The molecule has 2 heterocycles. The summed E-state index contributed by atoms with van der Waals surface area (Å²) in [5.41, 5.74) is 3.94. The first-order valence-corrected chi connectivity index (χ1v) is 10.6. The SMILES string of the molecule is CCNC(=NCCc1cc(C)cc(C)c1)N1CCN(C(=O)C2CCCO2)CC1. The molecule has 28 heavy (non-hydrogen) atoms. The molecule has 1 unspecified atom stereocenters.